The van der Waals surface area contributed by atoms with E-state index in [1.165, 1.54) is 7.11 Å². The molecule has 1 heterocycles. The topological polar surface area (TPSA) is 51.2 Å². The van der Waals surface area contributed by atoms with Crippen LogP contribution in [0.3, 0.4) is 0 Å². The number of fused-ring (bicyclic) bond motifs is 1. The molecule has 0 amide bonds. The number of aromatic nitrogens is 1. The summed E-state index contributed by atoms with van der Waals surface area (Å²) in [7, 11) is 1.42. The number of pyridine rings is 1. The van der Waals surface area contributed by atoms with Crippen molar-refractivity contribution in [3.63, 3.8) is 0 Å². The molecular weight excluding hydrogens is 252 g/mol. The van der Waals surface area contributed by atoms with Gasteiger partial charge in [0.05, 0.1) is 19.0 Å². The van der Waals surface area contributed by atoms with Crippen LogP contribution in [0.15, 0.2) is 36.5 Å². The summed E-state index contributed by atoms with van der Waals surface area (Å²) in [6, 6.07) is 9.92. The van der Waals surface area contributed by atoms with Gasteiger partial charge in [0.2, 0.25) is 0 Å². The number of esters is 1. The summed E-state index contributed by atoms with van der Waals surface area (Å²) >= 11 is 0. The van der Waals surface area contributed by atoms with Crippen molar-refractivity contribution in [3.05, 3.63) is 42.1 Å². The number of para-hydroxylation sites is 1. The number of hydrogen-bond donors (Lipinski definition) is 1. The molecule has 2 rings (SSSR count). The van der Waals surface area contributed by atoms with Gasteiger partial charge in [-0.3, -0.25) is 9.78 Å². The van der Waals surface area contributed by atoms with Gasteiger partial charge < -0.3 is 10.1 Å². The van der Waals surface area contributed by atoms with Crippen LogP contribution in [-0.2, 0) is 9.53 Å². The Hall–Kier alpha value is -1.94. The molecule has 0 radical (unpaired) electrons. The van der Waals surface area contributed by atoms with E-state index < -0.39 is 0 Å². The Morgan fingerprint density at radius 2 is 2.15 bits per heavy atom. The lowest BCUT2D eigenvalue weighted by atomic mass is 10.00. The van der Waals surface area contributed by atoms with E-state index in [4.69, 9.17) is 4.74 Å². The molecule has 0 fully saturated rings. The molecule has 0 bridgehead atoms. The number of rotatable bonds is 6. The second-order valence-electron chi connectivity index (χ2n) is 4.71. The average molecular weight is 272 g/mol. The monoisotopic (exact) mass is 272 g/mol. The SMILES string of the molecule is CCCNC(CC(=O)OC)c1cccc2cccnc12. The highest BCUT2D eigenvalue weighted by atomic mass is 16.5. The van der Waals surface area contributed by atoms with Crippen molar-refractivity contribution in [2.75, 3.05) is 13.7 Å². The quantitative estimate of drug-likeness (QED) is 0.822. The predicted octanol–water partition coefficient (Wildman–Crippen LogP) is 2.84. The molecule has 2 aromatic rings. The van der Waals surface area contributed by atoms with Crippen molar-refractivity contribution in [2.45, 2.75) is 25.8 Å². The van der Waals surface area contributed by atoms with Gasteiger partial charge in [-0.05, 0) is 24.6 Å². The van der Waals surface area contributed by atoms with Crippen molar-refractivity contribution in [2.24, 2.45) is 0 Å². The minimum absolute atomic E-state index is 0.0685. The van der Waals surface area contributed by atoms with Crippen LogP contribution >= 0.6 is 0 Å². The van der Waals surface area contributed by atoms with Crippen LogP contribution in [0.2, 0.25) is 0 Å². The predicted molar refractivity (Wildman–Crippen MR) is 79.4 cm³/mol. The highest BCUT2D eigenvalue weighted by Gasteiger charge is 2.18. The lowest BCUT2D eigenvalue weighted by Crippen LogP contribution is -2.25. The summed E-state index contributed by atoms with van der Waals surface area (Å²) in [4.78, 5) is 16.1. The van der Waals surface area contributed by atoms with Gasteiger partial charge in [-0.2, -0.15) is 0 Å². The maximum Gasteiger partial charge on any atom is 0.307 e. The number of carbonyl (C=O) groups is 1. The van der Waals surface area contributed by atoms with Crippen LogP contribution in [0.4, 0.5) is 0 Å². The third kappa shape index (κ3) is 3.33. The van der Waals surface area contributed by atoms with E-state index >= 15 is 0 Å². The first-order chi connectivity index (χ1) is 9.76. The fourth-order valence-electron chi connectivity index (χ4n) is 2.27. The first-order valence-corrected chi connectivity index (χ1v) is 6.90. The highest BCUT2D eigenvalue weighted by Crippen LogP contribution is 2.25. The smallest absolute Gasteiger partial charge is 0.307 e. The van der Waals surface area contributed by atoms with E-state index in [2.05, 4.69) is 17.2 Å². The zero-order chi connectivity index (χ0) is 14.4. The second-order valence-corrected chi connectivity index (χ2v) is 4.71. The van der Waals surface area contributed by atoms with Crippen LogP contribution in [0.1, 0.15) is 31.4 Å². The maximum atomic E-state index is 11.6. The maximum absolute atomic E-state index is 11.6. The molecule has 0 saturated carbocycles. The van der Waals surface area contributed by atoms with Gasteiger partial charge in [-0.15, -0.1) is 0 Å². The molecule has 20 heavy (non-hydrogen) atoms. The number of carbonyl (C=O) groups excluding carboxylic acids is 1. The summed E-state index contributed by atoms with van der Waals surface area (Å²) < 4.78 is 4.79. The third-order valence-corrected chi connectivity index (χ3v) is 3.28. The van der Waals surface area contributed by atoms with Crippen LogP contribution < -0.4 is 5.32 Å². The Bertz CT molecular complexity index is 578. The number of nitrogens with one attached hydrogen (secondary N) is 1. The normalized spacial score (nSPS) is 12.3. The first kappa shape index (κ1) is 14.5. The molecule has 1 atom stereocenters. The molecule has 0 aliphatic rings. The van der Waals surface area contributed by atoms with Crippen molar-refractivity contribution in [3.8, 4) is 0 Å². The van der Waals surface area contributed by atoms with E-state index in [9.17, 15) is 4.79 Å². The highest BCUT2D eigenvalue weighted by molar-refractivity contribution is 5.82. The van der Waals surface area contributed by atoms with E-state index in [0.717, 1.165) is 29.4 Å². The van der Waals surface area contributed by atoms with E-state index in [-0.39, 0.29) is 12.0 Å². The Morgan fingerprint density at radius 1 is 1.35 bits per heavy atom. The minimum Gasteiger partial charge on any atom is -0.469 e. The molecule has 4 heteroatoms. The summed E-state index contributed by atoms with van der Waals surface area (Å²) in [5.74, 6) is -0.216. The molecule has 0 aliphatic carbocycles. The van der Waals surface area contributed by atoms with Crippen molar-refractivity contribution >= 4 is 16.9 Å². The van der Waals surface area contributed by atoms with Crippen LogP contribution in [-0.4, -0.2) is 24.6 Å². The van der Waals surface area contributed by atoms with Gasteiger partial charge in [-0.1, -0.05) is 31.2 Å². The van der Waals surface area contributed by atoms with Gasteiger partial charge >= 0.3 is 5.97 Å². The summed E-state index contributed by atoms with van der Waals surface area (Å²) in [5.41, 5.74) is 1.98. The lowest BCUT2D eigenvalue weighted by Gasteiger charge is -2.19. The third-order valence-electron chi connectivity index (χ3n) is 3.28. The largest absolute Gasteiger partial charge is 0.469 e. The fourth-order valence-corrected chi connectivity index (χ4v) is 2.27. The van der Waals surface area contributed by atoms with Gasteiger partial charge in [0.15, 0.2) is 0 Å². The van der Waals surface area contributed by atoms with E-state index in [1.54, 1.807) is 6.20 Å². The van der Waals surface area contributed by atoms with Gasteiger partial charge in [0.25, 0.3) is 0 Å². The average Bonchev–Trinajstić information content (AvgIpc) is 2.50. The summed E-state index contributed by atoms with van der Waals surface area (Å²) in [5, 5.41) is 4.48. The van der Waals surface area contributed by atoms with Crippen LogP contribution in [0.25, 0.3) is 10.9 Å². The summed E-state index contributed by atoms with van der Waals surface area (Å²) in [6.07, 6.45) is 3.10. The zero-order valence-corrected chi connectivity index (χ0v) is 11.9. The second kappa shape index (κ2) is 7.01. The molecule has 0 spiro atoms. The number of nitrogens with zero attached hydrogens (tertiary/aromatic N) is 1. The standard InChI is InChI=1S/C16H20N2O2/c1-3-9-17-14(11-15(19)20-2)13-8-4-6-12-7-5-10-18-16(12)13/h4-8,10,14,17H,3,9,11H2,1-2H3. The molecular formula is C16H20N2O2. The number of hydrogen-bond acceptors (Lipinski definition) is 4. The molecule has 1 aromatic heterocycles. The lowest BCUT2D eigenvalue weighted by molar-refractivity contribution is -0.141. The Balaban J connectivity index is 2.36. The molecule has 0 aliphatic heterocycles. The Labute approximate surface area is 119 Å². The summed E-state index contributed by atoms with van der Waals surface area (Å²) in [6.45, 7) is 2.95. The van der Waals surface area contributed by atoms with Gasteiger partial charge in [0, 0.05) is 17.6 Å². The van der Waals surface area contributed by atoms with Crippen LogP contribution in [0.5, 0.6) is 0 Å². The number of ether oxygens (including phenoxy) is 1. The Kier molecular flexibility index (Phi) is 5.07. The van der Waals surface area contributed by atoms with Crippen LogP contribution in [0, 0.1) is 0 Å². The molecule has 106 valence electrons. The number of benzene rings is 1. The molecule has 1 unspecified atom stereocenters. The molecule has 4 nitrogen and oxygen atoms in total. The van der Waals surface area contributed by atoms with E-state index in [0.29, 0.717) is 6.42 Å². The molecule has 1 aromatic carbocycles. The van der Waals surface area contributed by atoms with Crippen molar-refractivity contribution in [1.82, 2.24) is 10.3 Å². The first-order valence-electron chi connectivity index (χ1n) is 6.90. The van der Waals surface area contributed by atoms with Crippen molar-refractivity contribution in [1.29, 1.82) is 0 Å². The zero-order valence-electron chi connectivity index (χ0n) is 11.9. The van der Waals surface area contributed by atoms with Gasteiger partial charge in [0.1, 0.15) is 0 Å². The Morgan fingerprint density at radius 3 is 2.90 bits per heavy atom. The molecule has 0 saturated heterocycles. The minimum atomic E-state index is -0.216. The van der Waals surface area contributed by atoms with E-state index in [1.807, 2.05) is 30.3 Å². The van der Waals surface area contributed by atoms with Crippen molar-refractivity contribution < 1.29 is 9.53 Å². The van der Waals surface area contributed by atoms with Gasteiger partial charge in [-0.25, -0.2) is 0 Å². The molecule has 1 N–H and O–H groups in total. The fraction of sp³-hybridized carbons (Fsp3) is 0.375. The number of methoxy groups -OCH3 is 1.